The summed E-state index contributed by atoms with van der Waals surface area (Å²) < 4.78 is 0. The van der Waals surface area contributed by atoms with Crippen LogP contribution >= 0.6 is 0 Å². The van der Waals surface area contributed by atoms with Crippen molar-refractivity contribution >= 4 is 11.8 Å². The maximum atomic E-state index is 11.0. The van der Waals surface area contributed by atoms with Crippen molar-refractivity contribution in [2.24, 2.45) is 0 Å². The van der Waals surface area contributed by atoms with E-state index in [4.69, 9.17) is 5.11 Å². The highest BCUT2D eigenvalue weighted by atomic mass is 16.3. The summed E-state index contributed by atoms with van der Waals surface area (Å²) in [6.45, 7) is 2.88. The lowest BCUT2D eigenvalue weighted by Gasteiger charge is -2.04. The van der Waals surface area contributed by atoms with Gasteiger partial charge >= 0.3 is 11.8 Å². The molecule has 0 unspecified atom stereocenters. The lowest BCUT2D eigenvalue weighted by atomic mass is 10.3. The van der Waals surface area contributed by atoms with E-state index in [0.29, 0.717) is 19.5 Å². The van der Waals surface area contributed by atoms with Crippen molar-refractivity contribution in [3.63, 3.8) is 0 Å². The average Bonchev–Trinajstić information content (AvgIpc) is 2.18. The maximum absolute atomic E-state index is 11.0. The smallest absolute Gasteiger partial charge is 0.309 e. The van der Waals surface area contributed by atoms with E-state index in [0.717, 1.165) is 12.8 Å². The number of hydrogen-bond acceptors (Lipinski definition) is 3. The first-order chi connectivity index (χ1) is 6.72. The van der Waals surface area contributed by atoms with Gasteiger partial charge in [0.2, 0.25) is 0 Å². The fraction of sp³-hybridized carbons (Fsp3) is 0.778. The van der Waals surface area contributed by atoms with Crippen LogP contribution in [0.5, 0.6) is 0 Å². The minimum atomic E-state index is -0.630. The first-order valence-electron chi connectivity index (χ1n) is 4.89. The predicted molar refractivity (Wildman–Crippen MR) is 52.6 cm³/mol. The third kappa shape index (κ3) is 6.42. The van der Waals surface area contributed by atoms with E-state index in [1.165, 1.54) is 0 Å². The van der Waals surface area contributed by atoms with Crippen molar-refractivity contribution in [1.29, 1.82) is 0 Å². The summed E-state index contributed by atoms with van der Waals surface area (Å²) >= 11 is 0. The van der Waals surface area contributed by atoms with E-state index in [1.54, 1.807) is 0 Å². The van der Waals surface area contributed by atoms with Crippen molar-refractivity contribution in [2.75, 3.05) is 19.7 Å². The van der Waals surface area contributed by atoms with Crippen molar-refractivity contribution in [2.45, 2.75) is 26.2 Å². The number of amides is 2. The van der Waals surface area contributed by atoms with Crippen LogP contribution in [-0.2, 0) is 9.59 Å². The Morgan fingerprint density at radius 3 is 2.00 bits per heavy atom. The molecular formula is C9H18N2O3. The summed E-state index contributed by atoms with van der Waals surface area (Å²) in [7, 11) is 0. The molecular weight excluding hydrogens is 184 g/mol. The molecule has 0 aromatic heterocycles. The minimum absolute atomic E-state index is 0.0116. The van der Waals surface area contributed by atoms with E-state index in [-0.39, 0.29) is 6.61 Å². The number of aliphatic hydroxyl groups is 1. The van der Waals surface area contributed by atoms with Crippen LogP contribution in [0, 0.1) is 0 Å². The number of aliphatic hydroxyl groups excluding tert-OH is 1. The summed E-state index contributed by atoms with van der Waals surface area (Å²) in [4.78, 5) is 22.0. The van der Waals surface area contributed by atoms with Gasteiger partial charge in [0, 0.05) is 19.7 Å². The highest BCUT2D eigenvalue weighted by Gasteiger charge is 2.10. The highest BCUT2D eigenvalue weighted by molar-refractivity contribution is 6.35. The topological polar surface area (TPSA) is 78.4 Å². The van der Waals surface area contributed by atoms with Gasteiger partial charge in [-0.1, -0.05) is 13.3 Å². The summed E-state index contributed by atoms with van der Waals surface area (Å²) in [6.07, 6.45) is 2.32. The Kier molecular flexibility index (Phi) is 7.83. The van der Waals surface area contributed by atoms with Gasteiger partial charge in [0.05, 0.1) is 0 Å². The van der Waals surface area contributed by atoms with Crippen LogP contribution in [0.4, 0.5) is 0 Å². The number of carbonyl (C=O) groups excluding carboxylic acids is 2. The Hall–Kier alpha value is -1.10. The lowest BCUT2D eigenvalue weighted by molar-refractivity contribution is -0.139. The van der Waals surface area contributed by atoms with Gasteiger partial charge in [-0.05, 0) is 12.8 Å². The van der Waals surface area contributed by atoms with Gasteiger partial charge in [-0.25, -0.2) is 0 Å². The third-order valence-electron chi connectivity index (χ3n) is 1.64. The minimum Gasteiger partial charge on any atom is -0.396 e. The fourth-order valence-corrected chi connectivity index (χ4v) is 0.820. The molecule has 0 saturated heterocycles. The molecule has 0 saturated carbocycles. The number of hydrogen-bond donors (Lipinski definition) is 3. The SMILES string of the molecule is CCCCNC(=O)C(=O)NCCCO. The van der Waals surface area contributed by atoms with Crippen LogP contribution in [-0.4, -0.2) is 36.6 Å². The van der Waals surface area contributed by atoms with Crippen molar-refractivity contribution in [3.8, 4) is 0 Å². The van der Waals surface area contributed by atoms with Crippen molar-refractivity contribution in [3.05, 3.63) is 0 Å². The van der Waals surface area contributed by atoms with E-state index in [1.807, 2.05) is 6.92 Å². The van der Waals surface area contributed by atoms with Gasteiger partial charge in [0.15, 0.2) is 0 Å². The van der Waals surface area contributed by atoms with Gasteiger partial charge in [-0.2, -0.15) is 0 Å². The third-order valence-corrected chi connectivity index (χ3v) is 1.64. The van der Waals surface area contributed by atoms with E-state index >= 15 is 0 Å². The first-order valence-corrected chi connectivity index (χ1v) is 4.89. The molecule has 5 nitrogen and oxygen atoms in total. The molecule has 0 aromatic carbocycles. The molecule has 0 rings (SSSR count). The molecule has 5 heteroatoms. The van der Waals surface area contributed by atoms with E-state index in [9.17, 15) is 9.59 Å². The number of unbranched alkanes of at least 4 members (excludes halogenated alkanes) is 1. The van der Waals surface area contributed by atoms with Gasteiger partial charge in [-0.15, -0.1) is 0 Å². The zero-order valence-electron chi connectivity index (χ0n) is 8.51. The summed E-state index contributed by atoms with van der Waals surface area (Å²) in [5, 5.41) is 13.3. The fourth-order valence-electron chi connectivity index (χ4n) is 0.820. The zero-order valence-corrected chi connectivity index (χ0v) is 8.51. The van der Waals surface area contributed by atoms with Crippen LogP contribution in [0.15, 0.2) is 0 Å². The molecule has 3 N–H and O–H groups in total. The van der Waals surface area contributed by atoms with Crippen LogP contribution in [0.2, 0.25) is 0 Å². The van der Waals surface area contributed by atoms with Gasteiger partial charge in [0.1, 0.15) is 0 Å². The second-order valence-electron chi connectivity index (χ2n) is 2.94. The molecule has 0 radical (unpaired) electrons. The van der Waals surface area contributed by atoms with E-state index < -0.39 is 11.8 Å². The Morgan fingerprint density at radius 2 is 1.57 bits per heavy atom. The van der Waals surface area contributed by atoms with Gasteiger partial charge < -0.3 is 15.7 Å². The molecule has 14 heavy (non-hydrogen) atoms. The Morgan fingerprint density at radius 1 is 1.07 bits per heavy atom. The Bertz CT molecular complexity index is 163. The zero-order chi connectivity index (χ0) is 10.8. The molecule has 0 aliphatic heterocycles. The number of rotatable bonds is 6. The summed E-state index contributed by atoms with van der Waals surface area (Å²) in [6, 6.07) is 0. The summed E-state index contributed by atoms with van der Waals surface area (Å²) in [5.41, 5.74) is 0. The largest absolute Gasteiger partial charge is 0.396 e. The second-order valence-corrected chi connectivity index (χ2v) is 2.94. The molecule has 0 atom stereocenters. The monoisotopic (exact) mass is 202 g/mol. The maximum Gasteiger partial charge on any atom is 0.309 e. The molecule has 0 bridgehead atoms. The number of nitrogens with one attached hydrogen (secondary N) is 2. The second kappa shape index (κ2) is 8.50. The Labute approximate surface area is 83.9 Å². The number of carbonyl (C=O) groups is 2. The van der Waals surface area contributed by atoms with Crippen molar-refractivity contribution in [1.82, 2.24) is 10.6 Å². The van der Waals surface area contributed by atoms with Gasteiger partial charge in [0.25, 0.3) is 0 Å². The molecule has 2 amide bonds. The highest BCUT2D eigenvalue weighted by Crippen LogP contribution is 1.82. The Balaban J connectivity index is 3.50. The molecule has 0 fully saturated rings. The molecule has 0 heterocycles. The van der Waals surface area contributed by atoms with Crippen LogP contribution < -0.4 is 10.6 Å². The first kappa shape index (κ1) is 12.9. The molecule has 0 aliphatic rings. The predicted octanol–water partition coefficient (Wildman–Crippen LogP) is -0.599. The van der Waals surface area contributed by atoms with Crippen LogP contribution in [0.3, 0.4) is 0 Å². The molecule has 0 aromatic rings. The quantitative estimate of drug-likeness (QED) is 0.397. The average molecular weight is 202 g/mol. The van der Waals surface area contributed by atoms with Crippen molar-refractivity contribution < 1.29 is 14.7 Å². The van der Waals surface area contributed by atoms with E-state index in [2.05, 4.69) is 10.6 Å². The molecule has 0 aliphatic carbocycles. The standard InChI is InChI=1S/C9H18N2O3/c1-2-3-5-10-8(13)9(14)11-6-4-7-12/h12H,2-7H2,1H3,(H,10,13)(H,11,14). The summed E-state index contributed by atoms with van der Waals surface area (Å²) in [5.74, 6) is -1.23. The molecule has 0 spiro atoms. The molecule has 82 valence electrons. The van der Waals surface area contributed by atoms with Crippen LogP contribution in [0.1, 0.15) is 26.2 Å². The lowest BCUT2D eigenvalue weighted by Crippen LogP contribution is -2.40. The van der Waals surface area contributed by atoms with Crippen LogP contribution in [0.25, 0.3) is 0 Å². The van der Waals surface area contributed by atoms with Gasteiger partial charge in [-0.3, -0.25) is 9.59 Å². The normalized spacial score (nSPS) is 9.57.